The van der Waals surface area contributed by atoms with Crippen molar-refractivity contribution in [3.8, 4) is 5.75 Å². The molecule has 0 spiro atoms. The predicted octanol–water partition coefficient (Wildman–Crippen LogP) is 6.32. The van der Waals surface area contributed by atoms with Crippen LogP contribution in [0.5, 0.6) is 5.75 Å². The average molecular weight is 427 g/mol. The molecule has 0 amide bonds. The van der Waals surface area contributed by atoms with Crippen LogP contribution in [0, 0.1) is 5.92 Å². The molecule has 2 aromatic rings. The van der Waals surface area contributed by atoms with E-state index in [2.05, 4.69) is 0 Å². The van der Waals surface area contributed by atoms with Gasteiger partial charge < -0.3 is 9.57 Å². The second kappa shape index (κ2) is 8.11. The summed E-state index contributed by atoms with van der Waals surface area (Å²) in [4.78, 5) is 16.9. The maximum absolute atomic E-state index is 11.0. The number of carbonyl (C=O) groups excluding carboxylic acids is 1. The molecule has 1 aliphatic heterocycles. The number of carbonyl (C=O) groups is 1. The van der Waals surface area contributed by atoms with Crippen LogP contribution in [0.4, 0.5) is 0 Å². The van der Waals surface area contributed by atoms with Crippen LogP contribution in [0.1, 0.15) is 35.8 Å². The summed E-state index contributed by atoms with van der Waals surface area (Å²) in [6.07, 6.45) is 0.698. The smallest absolute Gasteiger partial charge is 0.170 e. The van der Waals surface area contributed by atoms with Gasteiger partial charge in [0.2, 0.25) is 0 Å². The summed E-state index contributed by atoms with van der Waals surface area (Å²) in [5.74, 6) is 1.82. The fourth-order valence-corrected chi connectivity index (χ4v) is 3.75. The molecule has 0 radical (unpaired) electrons. The van der Waals surface area contributed by atoms with Gasteiger partial charge >= 0.3 is 0 Å². The number of aldehydes is 1. The molecule has 3 rings (SSSR count). The minimum Gasteiger partial charge on any atom is -0.456 e. The van der Waals surface area contributed by atoms with E-state index in [4.69, 9.17) is 44.4 Å². The zero-order valence-electron chi connectivity index (χ0n) is 15.0. The molecular formula is C20H18Cl3NO3. The molecule has 0 fully saturated rings. The van der Waals surface area contributed by atoms with Crippen LogP contribution in [0.3, 0.4) is 0 Å². The number of ether oxygens (including phenoxy) is 1. The number of nitrogens with zero attached hydrogens (tertiary/aromatic N) is 1. The van der Waals surface area contributed by atoms with Crippen molar-refractivity contribution in [1.29, 1.82) is 0 Å². The molecule has 27 heavy (non-hydrogen) atoms. The molecule has 142 valence electrons. The van der Waals surface area contributed by atoms with Crippen molar-refractivity contribution in [2.75, 3.05) is 7.05 Å². The molecule has 0 aromatic heterocycles. The van der Waals surface area contributed by atoms with Gasteiger partial charge in [-0.2, -0.15) is 0 Å². The minimum atomic E-state index is -0.423. The number of hydrogen-bond donors (Lipinski definition) is 0. The summed E-state index contributed by atoms with van der Waals surface area (Å²) in [5.41, 5.74) is 1.09. The van der Waals surface area contributed by atoms with E-state index in [9.17, 15) is 4.79 Å². The van der Waals surface area contributed by atoms with Gasteiger partial charge in [0.1, 0.15) is 11.8 Å². The van der Waals surface area contributed by atoms with Crippen molar-refractivity contribution in [2.24, 2.45) is 5.92 Å². The van der Waals surface area contributed by atoms with E-state index in [1.165, 1.54) is 0 Å². The summed E-state index contributed by atoms with van der Waals surface area (Å²) in [5, 5.41) is 3.01. The van der Waals surface area contributed by atoms with Crippen molar-refractivity contribution in [2.45, 2.75) is 19.9 Å². The van der Waals surface area contributed by atoms with E-state index >= 15 is 0 Å². The van der Waals surface area contributed by atoms with Crippen LogP contribution in [0.15, 0.2) is 47.9 Å². The molecule has 0 bridgehead atoms. The largest absolute Gasteiger partial charge is 0.456 e. The number of allylic oxidation sites excluding steroid dienone is 1. The third-order valence-electron chi connectivity index (χ3n) is 4.22. The maximum atomic E-state index is 11.0. The SMILES string of the molecule is CC(C)C1=C(Oc2ccc(C=O)c(Cl)c2)C(c2c(Cl)cccc2Cl)N(C)O1. The van der Waals surface area contributed by atoms with E-state index in [-0.39, 0.29) is 5.92 Å². The van der Waals surface area contributed by atoms with Crippen LogP contribution in [-0.4, -0.2) is 18.4 Å². The summed E-state index contributed by atoms with van der Waals surface area (Å²) in [6, 6.07) is 9.80. The number of benzene rings is 2. The normalized spacial score (nSPS) is 17.4. The lowest BCUT2D eigenvalue weighted by atomic mass is 10.0. The molecule has 1 heterocycles. The Labute approximate surface area is 173 Å². The zero-order valence-corrected chi connectivity index (χ0v) is 17.3. The molecule has 4 nitrogen and oxygen atoms in total. The molecule has 2 aromatic carbocycles. The Bertz CT molecular complexity index is 891. The summed E-state index contributed by atoms with van der Waals surface area (Å²) in [6.45, 7) is 4.01. The van der Waals surface area contributed by atoms with Crippen LogP contribution >= 0.6 is 34.8 Å². The first-order chi connectivity index (χ1) is 12.8. The van der Waals surface area contributed by atoms with E-state index < -0.39 is 6.04 Å². The average Bonchev–Trinajstić information content (AvgIpc) is 2.92. The lowest BCUT2D eigenvalue weighted by Gasteiger charge is -2.22. The maximum Gasteiger partial charge on any atom is 0.170 e. The van der Waals surface area contributed by atoms with Gasteiger partial charge in [-0.05, 0) is 24.3 Å². The van der Waals surface area contributed by atoms with Gasteiger partial charge in [0.05, 0.1) is 5.02 Å². The Morgan fingerprint density at radius 2 is 1.78 bits per heavy atom. The van der Waals surface area contributed by atoms with Crippen molar-refractivity contribution in [1.82, 2.24) is 5.06 Å². The van der Waals surface area contributed by atoms with Gasteiger partial charge in [-0.15, -0.1) is 5.06 Å². The predicted molar refractivity (Wildman–Crippen MR) is 107 cm³/mol. The monoisotopic (exact) mass is 425 g/mol. The van der Waals surface area contributed by atoms with Crippen LogP contribution < -0.4 is 4.74 Å². The van der Waals surface area contributed by atoms with E-state index in [0.29, 0.717) is 49.7 Å². The first-order valence-corrected chi connectivity index (χ1v) is 9.48. The second-order valence-electron chi connectivity index (χ2n) is 6.46. The number of rotatable bonds is 5. The van der Waals surface area contributed by atoms with Crippen LogP contribution in [-0.2, 0) is 4.84 Å². The first-order valence-electron chi connectivity index (χ1n) is 8.34. The van der Waals surface area contributed by atoms with Gasteiger partial charge in [-0.3, -0.25) is 4.79 Å². The Morgan fingerprint density at radius 3 is 2.33 bits per heavy atom. The number of likely N-dealkylation sites (N-methyl/N-ethyl adjacent to an activating group) is 1. The quantitative estimate of drug-likeness (QED) is 0.524. The van der Waals surface area contributed by atoms with E-state index in [1.54, 1.807) is 48.5 Å². The van der Waals surface area contributed by atoms with Gasteiger partial charge in [0, 0.05) is 40.2 Å². The topological polar surface area (TPSA) is 38.8 Å². The fourth-order valence-electron chi connectivity index (χ4n) is 2.93. The van der Waals surface area contributed by atoms with Crippen molar-refractivity contribution in [3.05, 3.63) is 74.1 Å². The molecule has 1 atom stereocenters. The number of hydroxylamine groups is 2. The molecular weight excluding hydrogens is 409 g/mol. The van der Waals surface area contributed by atoms with Crippen LogP contribution in [0.25, 0.3) is 0 Å². The summed E-state index contributed by atoms with van der Waals surface area (Å²) < 4.78 is 6.17. The van der Waals surface area contributed by atoms with E-state index in [0.717, 1.165) is 0 Å². The molecule has 0 aliphatic carbocycles. The van der Waals surface area contributed by atoms with Gasteiger partial charge in [0.25, 0.3) is 0 Å². The van der Waals surface area contributed by atoms with Gasteiger partial charge in [-0.1, -0.05) is 54.7 Å². The van der Waals surface area contributed by atoms with Crippen molar-refractivity contribution < 1.29 is 14.4 Å². The Morgan fingerprint density at radius 1 is 1.11 bits per heavy atom. The highest BCUT2D eigenvalue weighted by Gasteiger charge is 2.39. The van der Waals surface area contributed by atoms with Crippen molar-refractivity contribution in [3.63, 3.8) is 0 Å². The number of halogens is 3. The lowest BCUT2D eigenvalue weighted by molar-refractivity contribution is -0.103. The Balaban J connectivity index is 2.08. The molecule has 1 aliphatic rings. The van der Waals surface area contributed by atoms with E-state index in [1.807, 2.05) is 13.8 Å². The summed E-state index contributed by atoms with van der Waals surface area (Å²) in [7, 11) is 1.80. The summed E-state index contributed by atoms with van der Waals surface area (Å²) >= 11 is 19.0. The molecule has 0 saturated heterocycles. The minimum absolute atomic E-state index is 0.0680. The van der Waals surface area contributed by atoms with Crippen LogP contribution in [0.2, 0.25) is 15.1 Å². The Hall–Kier alpha value is -1.72. The van der Waals surface area contributed by atoms with Crippen molar-refractivity contribution >= 4 is 41.1 Å². The third kappa shape index (κ3) is 3.94. The second-order valence-corrected chi connectivity index (χ2v) is 7.68. The lowest BCUT2D eigenvalue weighted by Crippen LogP contribution is -2.21. The standard InChI is InChI=1S/C20H18Cl3NO3/c1-11(2)19-20(26-13-8-7-12(10-25)16(23)9-13)18(24(3)27-19)17-14(21)5-4-6-15(17)22/h4-11,18H,1-3H3. The first kappa shape index (κ1) is 20.0. The molecule has 0 saturated carbocycles. The fraction of sp³-hybridized carbons (Fsp3) is 0.250. The molecule has 0 N–H and O–H groups in total. The molecule has 1 unspecified atom stereocenters. The Kier molecular flexibility index (Phi) is 6.02. The molecule has 7 heteroatoms. The zero-order chi connectivity index (χ0) is 19.7. The van der Waals surface area contributed by atoms with Gasteiger partial charge in [-0.25, -0.2) is 0 Å². The number of hydrogen-bond acceptors (Lipinski definition) is 4. The van der Waals surface area contributed by atoms with Gasteiger partial charge in [0.15, 0.2) is 17.8 Å². The highest BCUT2D eigenvalue weighted by atomic mass is 35.5. The highest BCUT2D eigenvalue weighted by molar-refractivity contribution is 6.36. The third-order valence-corrected chi connectivity index (χ3v) is 5.21. The highest BCUT2D eigenvalue weighted by Crippen LogP contribution is 2.45.